The van der Waals surface area contributed by atoms with E-state index >= 15 is 0 Å². The van der Waals surface area contributed by atoms with Gasteiger partial charge in [0, 0.05) is 5.92 Å². The number of fused-ring (bicyclic) bond motifs is 3. The molecule has 140 valence electrons. The number of hydrogen-bond acceptors (Lipinski definition) is 4. The Hall–Kier alpha value is -2.86. The zero-order valence-corrected chi connectivity index (χ0v) is 14.7. The summed E-state index contributed by atoms with van der Waals surface area (Å²) in [6.45, 7) is 0.186. The normalized spacial score (nSPS) is 23.5. The van der Waals surface area contributed by atoms with Gasteiger partial charge in [-0.3, -0.25) is 4.79 Å². The molecule has 2 aliphatic rings. The van der Waals surface area contributed by atoms with E-state index in [2.05, 4.69) is 17.4 Å². The van der Waals surface area contributed by atoms with Crippen molar-refractivity contribution < 1.29 is 24.5 Å². The van der Waals surface area contributed by atoms with Gasteiger partial charge in [0.25, 0.3) is 0 Å². The lowest BCUT2D eigenvalue weighted by molar-refractivity contribution is -0.141. The van der Waals surface area contributed by atoms with Gasteiger partial charge in [-0.05, 0) is 35.1 Å². The number of carbonyl (C=O) groups excluding carboxylic acids is 1. The van der Waals surface area contributed by atoms with Crippen LogP contribution in [0.25, 0.3) is 11.1 Å². The monoisotopic (exact) mass is 367 g/mol. The van der Waals surface area contributed by atoms with Gasteiger partial charge in [-0.2, -0.15) is 0 Å². The summed E-state index contributed by atoms with van der Waals surface area (Å²) in [5.41, 5.74) is 4.55. The number of hydrogen-bond donors (Lipinski definition) is 3. The van der Waals surface area contributed by atoms with Crippen molar-refractivity contribution in [2.45, 2.75) is 30.9 Å². The number of aliphatic hydroxyl groups is 1. The number of aliphatic carboxylic acids is 1. The molecule has 2 aromatic rings. The molecule has 0 unspecified atom stereocenters. The average molecular weight is 367 g/mol. The molecule has 0 saturated heterocycles. The largest absolute Gasteiger partial charge is 0.481 e. The van der Waals surface area contributed by atoms with Gasteiger partial charge in [0.1, 0.15) is 6.61 Å². The van der Waals surface area contributed by atoms with Crippen LogP contribution in [0.15, 0.2) is 48.5 Å². The molecule has 0 aromatic heterocycles. The first-order valence-electron chi connectivity index (χ1n) is 9.07. The molecule has 0 aliphatic heterocycles. The van der Waals surface area contributed by atoms with E-state index in [0.29, 0.717) is 0 Å². The van der Waals surface area contributed by atoms with E-state index in [0.717, 1.165) is 22.3 Å². The maximum absolute atomic E-state index is 12.2. The summed E-state index contributed by atoms with van der Waals surface area (Å²) in [5.74, 6) is -1.63. The number of rotatable bonds is 4. The Morgan fingerprint density at radius 1 is 1.00 bits per heavy atom. The molecule has 1 saturated carbocycles. The van der Waals surface area contributed by atoms with E-state index < -0.39 is 30.1 Å². The standard InChI is InChI=1S/C21H21NO5/c23-19-10-12(20(24)25)9-18(19)22-21(26)27-11-17-15-7-3-1-5-13(15)14-6-2-4-8-16(14)17/h1-8,12,17-19,23H,9-11H2,(H,22,26)(H,24,25)/t12-,18+,19-/m0/s1. The lowest BCUT2D eigenvalue weighted by Gasteiger charge is -2.18. The summed E-state index contributed by atoms with van der Waals surface area (Å²) in [5, 5.41) is 21.6. The van der Waals surface area contributed by atoms with Crippen molar-refractivity contribution in [2.75, 3.05) is 6.61 Å². The van der Waals surface area contributed by atoms with Crippen molar-refractivity contribution in [3.63, 3.8) is 0 Å². The number of carboxylic acid groups (broad SMARTS) is 1. The highest BCUT2D eigenvalue weighted by Gasteiger charge is 2.38. The van der Waals surface area contributed by atoms with Crippen molar-refractivity contribution in [1.82, 2.24) is 5.32 Å². The van der Waals surface area contributed by atoms with Crippen LogP contribution in [-0.4, -0.2) is 41.0 Å². The van der Waals surface area contributed by atoms with Gasteiger partial charge in [0.15, 0.2) is 0 Å². The molecule has 27 heavy (non-hydrogen) atoms. The van der Waals surface area contributed by atoms with Crippen LogP contribution in [0.3, 0.4) is 0 Å². The van der Waals surface area contributed by atoms with Crippen molar-refractivity contribution in [1.29, 1.82) is 0 Å². The third kappa shape index (κ3) is 3.28. The van der Waals surface area contributed by atoms with Crippen molar-refractivity contribution >= 4 is 12.1 Å². The fourth-order valence-corrected chi connectivity index (χ4v) is 4.16. The lowest BCUT2D eigenvalue weighted by atomic mass is 9.98. The smallest absolute Gasteiger partial charge is 0.407 e. The van der Waals surface area contributed by atoms with Gasteiger partial charge in [0.05, 0.1) is 18.1 Å². The summed E-state index contributed by atoms with van der Waals surface area (Å²) >= 11 is 0. The SMILES string of the molecule is O=C(N[C@@H]1C[C@H](C(=O)O)C[C@@H]1O)OCC1c2ccccc2-c2ccccc21. The molecule has 3 N–H and O–H groups in total. The Balaban J connectivity index is 1.42. The summed E-state index contributed by atoms with van der Waals surface area (Å²) in [4.78, 5) is 23.3. The molecule has 2 aliphatic carbocycles. The van der Waals surface area contributed by atoms with Gasteiger partial charge >= 0.3 is 12.1 Å². The van der Waals surface area contributed by atoms with Crippen LogP contribution in [0.2, 0.25) is 0 Å². The van der Waals surface area contributed by atoms with Crippen LogP contribution >= 0.6 is 0 Å². The molecule has 0 radical (unpaired) electrons. The Kier molecular flexibility index (Phi) is 4.58. The first kappa shape index (κ1) is 17.5. The van der Waals surface area contributed by atoms with Gasteiger partial charge in [0.2, 0.25) is 0 Å². The zero-order chi connectivity index (χ0) is 19.0. The van der Waals surface area contributed by atoms with Crippen molar-refractivity contribution in [3.8, 4) is 11.1 Å². The number of nitrogens with one attached hydrogen (secondary N) is 1. The first-order valence-corrected chi connectivity index (χ1v) is 9.07. The Labute approximate surface area is 156 Å². The summed E-state index contributed by atoms with van der Waals surface area (Å²) < 4.78 is 5.44. The minimum atomic E-state index is -0.953. The fraction of sp³-hybridized carbons (Fsp3) is 0.333. The van der Waals surface area contributed by atoms with E-state index in [1.807, 2.05) is 36.4 Å². The van der Waals surface area contributed by atoms with Crippen LogP contribution < -0.4 is 5.32 Å². The molecular weight excluding hydrogens is 346 g/mol. The average Bonchev–Trinajstić information content (AvgIpc) is 3.19. The molecule has 1 fully saturated rings. The Morgan fingerprint density at radius 3 is 2.15 bits per heavy atom. The highest BCUT2D eigenvalue weighted by molar-refractivity contribution is 5.79. The first-order chi connectivity index (χ1) is 13.0. The third-order valence-corrected chi connectivity index (χ3v) is 5.53. The summed E-state index contributed by atoms with van der Waals surface area (Å²) in [7, 11) is 0. The van der Waals surface area contributed by atoms with E-state index in [1.54, 1.807) is 0 Å². The number of alkyl carbamates (subject to hydrolysis) is 1. The van der Waals surface area contributed by atoms with Crippen molar-refractivity contribution in [3.05, 3.63) is 59.7 Å². The lowest BCUT2D eigenvalue weighted by Crippen LogP contribution is -2.40. The molecule has 3 atom stereocenters. The van der Waals surface area contributed by atoms with Crippen LogP contribution in [0, 0.1) is 5.92 Å². The molecule has 0 spiro atoms. The van der Waals surface area contributed by atoms with Gasteiger partial charge in [-0.15, -0.1) is 0 Å². The van der Waals surface area contributed by atoms with Gasteiger partial charge in [-0.25, -0.2) is 4.79 Å². The maximum atomic E-state index is 12.2. The quantitative estimate of drug-likeness (QED) is 0.772. The van der Waals surface area contributed by atoms with Crippen molar-refractivity contribution in [2.24, 2.45) is 5.92 Å². The van der Waals surface area contributed by atoms with Crippen LogP contribution in [0.1, 0.15) is 29.9 Å². The Bertz CT molecular complexity index is 835. The Morgan fingerprint density at radius 2 is 1.59 bits per heavy atom. The summed E-state index contributed by atoms with van der Waals surface area (Å²) in [6, 6.07) is 15.5. The number of carbonyl (C=O) groups is 2. The van der Waals surface area contributed by atoms with Crippen LogP contribution in [0.5, 0.6) is 0 Å². The molecule has 4 rings (SSSR count). The van der Waals surface area contributed by atoms with E-state index in [9.17, 15) is 14.7 Å². The second kappa shape index (κ2) is 7.04. The molecule has 2 aromatic carbocycles. The highest BCUT2D eigenvalue weighted by atomic mass is 16.5. The molecule has 6 heteroatoms. The number of aliphatic hydroxyl groups excluding tert-OH is 1. The number of carboxylic acids is 1. The minimum absolute atomic E-state index is 0.0385. The minimum Gasteiger partial charge on any atom is -0.481 e. The van der Waals surface area contributed by atoms with E-state index in [-0.39, 0.29) is 25.4 Å². The second-order valence-electron chi connectivity index (χ2n) is 7.15. The fourth-order valence-electron chi connectivity index (χ4n) is 4.16. The zero-order valence-electron chi connectivity index (χ0n) is 14.7. The van der Waals surface area contributed by atoms with Crippen LogP contribution in [-0.2, 0) is 9.53 Å². The number of benzene rings is 2. The predicted octanol–water partition coefficient (Wildman–Crippen LogP) is 2.75. The number of ether oxygens (including phenoxy) is 1. The second-order valence-corrected chi connectivity index (χ2v) is 7.15. The number of amides is 1. The molecule has 0 bridgehead atoms. The molecule has 1 amide bonds. The molecular formula is C21H21NO5. The van der Waals surface area contributed by atoms with Gasteiger partial charge < -0.3 is 20.3 Å². The predicted molar refractivity (Wildman–Crippen MR) is 98.4 cm³/mol. The van der Waals surface area contributed by atoms with Gasteiger partial charge in [-0.1, -0.05) is 48.5 Å². The highest BCUT2D eigenvalue weighted by Crippen LogP contribution is 2.44. The topological polar surface area (TPSA) is 95.9 Å². The van der Waals surface area contributed by atoms with Crippen LogP contribution in [0.4, 0.5) is 4.79 Å². The maximum Gasteiger partial charge on any atom is 0.407 e. The van der Waals surface area contributed by atoms with E-state index in [1.165, 1.54) is 0 Å². The molecule has 0 heterocycles. The third-order valence-electron chi connectivity index (χ3n) is 5.53. The summed E-state index contributed by atoms with van der Waals surface area (Å²) in [6.07, 6.45) is -1.15. The van der Waals surface area contributed by atoms with E-state index in [4.69, 9.17) is 9.84 Å². The molecule has 6 nitrogen and oxygen atoms in total.